The number of benzene rings is 2. The quantitative estimate of drug-likeness (QED) is 0.596. The summed E-state index contributed by atoms with van der Waals surface area (Å²) in [6.07, 6.45) is 0.218. The molecule has 0 saturated heterocycles. The summed E-state index contributed by atoms with van der Waals surface area (Å²) in [5, 5.41) is 11.8. The molecular weight excluding hydrogens is 384 g/mol. The third-order valence-electron chi connectivity index (χ3n) is 5.22. The summed E-state index contributed by atoms with van der Waals surface area (Å²) >= 11 is 0. The molecule has 0 fully saturated rings. The summed E-state index contributed by atoms with van der Waals surface area (Å²) in [5.74, 6) is 0.464. The van der Waals surface area contributed by atoms with Crippen LogP contribution in [0.3, 0.4) is 0 Å². The molecule has 7 heteroatoms. The van der Waals surface area contributed by atoms with E-state index in [0.717, 1.165) is 5.56 Å². The molecule has 0 aliphatic rings. The van der Waals surface area contributed by atoms with Crippen LogP contribution in [0.5, 0.6) is 5.75 Å². The van der Waals surface area contributed by atoms with E-state index in [1.54, 1.807) is 38.1 Å². The van der Waals surface area contributed by atoms with Gasteiger partial charge in [0.15, 0.2) is 0 Å². The first kappa shape index (κ1) is 21.5. The standard InChI is InChI=1S/C23H26N2O5/c1-4-23(28,18-12-8-9-13-19(18)29-3)20-16(2)21(26)24-22(27)25(20)15-30-14-17-10-6-5-7-11-17/h5-13,28H,4,14-15H2,1-3H3,(H,24,26,27). The van der Waals surface area contributed by atoms with Crippen molar-refractivity contribution in [1.82, 2.24) is 9.55 Å². The van der Waals surface area contributed by atoms with Crippen LogP contribution in [0.15, 0.2) is 64.2 Å². The van der Waals surface area contributed by atoms with E-state index in [0.29, 0.717) is 11.3 Å². The zero-order chi connectivity index (χ0) is 21.7. The maximum absolute atomic E-state index is 12.7. The second kappa shape index (κ2) is 9.11. The highest BCUT2D eigenvalue weighted by molar-refractivity contribution is 5.44. The first-order valence-electron chi connectivity index (χ1n) is 9.74. The normalized spacial score (nSPS) is 13.1. The van der Waals surface area contributed by atoms with Crippen molar-refractivity contribution in [2.45, 2.75) is 39.2 Å². The molecule has 0 aliphatic carbocycles. The minimum atomic E-state index is -1.62. The highest BCUT2D eigenvalue weighted by Gasteiger charge is 2.37. The molecule has 1 unspecified atom stereocenters. The van der Waals surface area contributed by atoms with Gasteiger partial charge in [-0.15, -0.1) is 0 Å². The molecule has 3 rings (SSSR count). The lowest BCUT2D eigenvalue weighted by Gasteiger charge is -2.32. The van der Waals surface area contributed by atoms with Gasteiger partial charge in [0.1, 0.15) is 18.1 Å². The Morgan fingerprint density at radius 1 is 1.07 bits per heavy atom. The lowest BCUT2D eigenvalue weighted by atomic mass is 9.84. The molecule has 3 aromatic rings. The Morgan fingerprint density at radius 2 is 1.73 bits per heavy atom. The summed E-state index contributed by atoms with van der Waals surface area (Å²) < 4.78 is 12.5. The number of rotatable bonds is 8. The molecule has 7 nitrogen and oxygen atoms in total. The minimum Gasteiger partial charge on any atom is -0.496 e. The molecule has 0 bridgehead atoms. The molecule has 1 heterocycles. The highest BCUT2D eigenvalue weighted by Crippen LogP contribution is 2.38. The van der Waals surface area contributed by atoms with Crippen LogP contribution < -0.4 is 16.0 Å². The van der Waals surface area contributed by atoms with E-state index in [2.05, 4.69) is 4.98 Å². The van der Waals surface area contributed by atoms with Crippen molar-refractivity contribution < 1.29 is 14.6 Å². The molecule has 0 saturated carbocycles. The fraction of sp³-hybridized carbons (Fsp3) is 0.304. The van der Waals surface area contributed by atoms with Gasteiger partial charge in [-0.1, -0.05) is 55.5 Å². The number of aromatic nitrogens is 2. The third kappa shape index (κ3) is 4.08. The summed E-state index contributed by atoms with van der Waals surface area (Å²) in [6, 6.07) is 16.6. The molecule has 30 heavy (non-hydrogen) atoms. The lowest BCUT2D eigenvalue weighted by molar-refractivity contribution is 0.0287. The van der Waals surface area contributed by atoms with Gasteiger partial charge in [-0.05, 0) is 25.0 Å². The van der Waals surface area contributed by atoms with E-state index in [4.69, 9.17) is 9.47 Å². The van der Waals surface area contributed by atoms with Crippen molar-refractivity contribution in [1.29, 1.82) is 0 Å². The van der Waals surface area contributed by atoms with Crippen molar-refractivity contribution in [2.24, 2.45) is 0 Å². The summed E-state index contributed by atoms with van der Waals surface area (Å²) in [5.41, 5.74) is -0.958. The van der Waals surface area contributed by atoms with Crippen LogP contribution in [0.4, 0.5) is 0 Å². The number of nitrogens with one attached hydrogen (secondary N) is 1. The summed E-state index contributed by atoms with van der Waals surface area (Å²) in [7, 11) is 1.51. The smallest absolute Gasteiger partial charge is 0.330 e. The number of hydrogen-bond acceptors (Lipinski definition) is 5. The average Bonchev–Trinajstić information content (AvgIpc) is 2.77. The minimum absolute atomic E-state index is 0.127. The van der Waals surface area contributed by atoms with Gasteiger partial charge >= 0.3 is 5.69 Å². The van der Waals surface area contributed by atoms with Crippen molar-refractivity contribution in [3.63, 3.8) is 0 Å². The Morgan fingerprint density at radius 3 is 2.40 bits per heavy atom. The fourth-order valence-electron chi connectivity index (χ4n) is 3.63. The van der Waals surface area contributed by atoms with Crippen molar-refractivity contribution in [3.8, 4) is 5.75 Å². The number of H-pyrrole nitrogens is 1. The van der Waals surface area contributed by atoms with E-state index >= 15 is 0 Å². The number of ether oxygens (including phenoxy) is 2. The number of nitrogens with zero attached hydrogens (tertiary/aromatic N) is 1. The Hall–Kier alpha value is -3.16. The van der Waals surface area contributed by atoms with Crippen LogP contribution in [0.2, 0.25) is 0 Å². The molecule has 2 N–H and O–H groups in total. The second-order valence-electron chi connectivity index (χ2n) is 7.04. The fourth-order valence-corrected chi connectivity index (χ4v) is 3.63. The number of methoxy groups -OCH3 is 1. The second-order valence-corrected chi connectivity index (χ2v) is 7.04. The molecule has 0 amide bonds. The van der Waals surface area contributed by atoms with Gasteiger partial charge in [0.25, 0.3) is 5.56 Å². The zero-order valence-electron chi connectivity index (χ0n) is 17.3. The molecule has 158 valence electrons. The lowest BCUT2D eigenvalue weighted by Crippen LogP contribution is -2.42. The van der Waals surface area contributed by atoms with Gasteiger partial charge in [0, 0.05) is 11.1 Å². The van der Waals surface area contributed by atoms with Gasteiger partial charge in [0.05, 0.1) is 19.4 Å². The number of aromatic amines is 1. The van der Waals surface area contributed by atoms with Crippen molar-refractivity contribution >= 4 is 0 Å². The molecule has 2 aromatic carbocycles. The van der Waals surface area contributed by atoms with Gasteiger partial charge < -0.3 is 14.6 Å². The van der Waals surface area contributed by atoms with Crippen LogP contribution in [0.1, 0.15) is 35.7 Å². The first-order chi connectivity index (χ1) is 14.4. The predicted octanol–water partition coefficient (Wildman–Crippen LogP) is 2.67. The van der Waals surface area contributed by atoms with Crippen LogP contribution in [-0.4, -0.2) is 21.8 Å². The Balaban J connectivity index is 2.10. The van der Waals surface area contributed by atoms with E-state index < -0.39 is 16.9 Å². The maximum Gasteiger partial charge on any atom is 0.330 e. The van der Waals surface area contributed by atoms with Crippen LogP contribution in [-0.2, 0) is 23.7 Å². The molecular formula is C23H26N2O5. The average molecular weight is 410 g/mol. The monoisotopic (exact) mass is 410 g/mol. The molecule has 0 aliphatic heterocycles. The number of aliphatic hydroxyl groups is 1. The maximum atomic E-state index is 12.7. The molecule has 1 aromatic heterocycles. The van der Waals surface area contributed by atoms with E-state index in [1.165, 1.54) is 11.7 Å². The van der Waals surface area contributed by atoms with Gasteiger partial charge in [0.2, 0.25) is 0 Å². The van der Waals surface area contributed by atoms with E-state index in [9.17, 15) is 14.7 Å². The van der Waals surface area contributed by atoms with Gasteiger partial charge in [-0.3, -0.25) is 14.3 Å². The van der Waals surface area contributed by atoms with E-state index in [-0.39, 0.29) is 31.0 Å². The number of para-hydroxylation sites is 1. The largest absolute Gasteiger partial charge is 0.496 e. The molecule has 0 spiro atoms. The van der Waals surface area contributed by atoms with Gasteiger partial charge in [-0.25, -0.2) is 4.79 Å². The van der Waals surface area contributed by atoms with Crippen LogP contribution >= 0.6 is 0 Å². The zero-order valence-corrected chi connectivity index (χ0v) is 17.3. The molecule has 0 radical (unpaired) electrons. The van der Waals surface area contributed by atoms with Crippen LogP contribution in [0.25, 0.3) is 0 Å². The summed E-state index contributed by atoms with van der Waals surface area (Å²) in [6.45, 7) is 3.52. The SMILES string of the molecule is CCC(O)(c1ccccc1OC)c1c(C)c(=O)[nH]c(=O)n1COCc1ccccc1. The van der Waals surface area contributed by atoms with E-state index in [1.807, 2.05) is 30.3 Å². The van der Waals surface area contributed by atoms with Crippen molar-refractivity contribution in [3.05, 3.63) is 97.8 Å². The summed E-state index contributed by atoms with van der Waals surface area (Å²) in [4.78, 5) is 27.4. The van der Waals surface area contributed by atoms with Crippen molar-refractivity contribution in [2.75, 3.05) is 7.11 Å². The Kier molecular flexibility index (Phi) is 6.54. The highest BCUT2D eigenvalue weighted by atomic mass is 16.5. The first-order valence-corrected chi connectivity index (χ1v) is 9.74. The van der Waals surface area contributed by atoms with Gasteiger partial charge in [-0.2, -0.15) is 0 Å². The molecule has 1 atom stereocenters. The Labute approximate surface area is 174 Å². The third-order valence-corrected chi connectivity index (χ3v) is 5.22. The Bertz CT molecular complexity index is 1120. The topological polar surface area (TPSA) is 93.5 Å². The predicted molar refractivity (Wildman–Crippen MR) is 114 cm³/mol. The number of hydrogen-bond donors (Lipinski definition) is 2. The van der Waals surface area contributed by atoms with Crippen LogP contribution in [0, 0.1) is 6.92 Å².